The topological polar surface area (TPSA) is 95.7 Å². The summed E-state index contributed by atoms with van der Waals surface area (Å²) in [4.78, 5) is 1.92. The van der Waals surface area contributed by atoms with Gasteiger partial charge in [0.15, 0.2) is 0 Å². The third kappa shape index (κ3) is 5.15. The van der Waals surface area contributed by atoms with Crippen molar-refractivity contribution in [1.82, 2.24) is 9.62 Å². The second-order valence-corrected chi connectivity index (χ2v) is 6.90. The lowest BCUT2D eigenvalue weighted by molar-refractivity contribution is 0.0386. The molecule has 0 radical (unpaired) electrons. The molecule has 0 aliphatic heterocycles. The summed E-state index contributed by atoms with van der Waals surface area (Å²) in [6, 6.07) is 5.90. The van der Waals surface area contributed by atoms with Crippen LogP contribution in [0, 0.1) is 0 Å². The summed E-state index contributed by atoms with van der Waals surface area (Å²) in [5.41, 5.74) is 4.87. The monoisotopic (exact) mass is 287 g/mol. The Labute approximate surface area is 114 Å². The van der Waals surface area contributed by atoms with Crippen LogP contribution in [0.5, 0.6) is 0 Å². The van der Waals surface area contributed by atoms with Crippen LogP contribution < -0.4 is 10.5 Å². The van der Waals surface area contributed by atoms with E-state index in [1.54, 1.807) is 11.8 Å². The second kappa shape index (κ2) is 5.87. The van der Waals surface area contributed by atoms with Gasteiger partial charge in [-0.2, -0.15) is 0 Å². The molecule has 0 heterocycles. The molecule has 108 valence electrons. The molecule has 1 rings (SSSR count). The number of benzene rings is 1. The van der Waals surface area contributed by atoms with Gasteiger partial charge in [-0.15, -0.1) is 0 Å². The van der Waals surface area contributed by atoms with Crippen LogP contribution in [0.3, 0.4) is 0 Å². The zero-order valence-electron chi connectivity index (χ0n) is 11.4. The van der Waals surface area contributed by atoms with E-state index in [-0.39, 0.29) is 11.4 Å². The van der Waals surface area contributed by atoms with Gasteiger partial charge in [-0.1, -0.05) is 0 Å². The van der Waals surface area contributed by atoms with E-state index in [9.17, 15) is 13.5 Å². The highest BCUT2D eigenvalue weighted by Gasteiger charge is 2.24. The van der Waals surface area contributed by atoms with Gasteiger partial charge < -0.3 is 15.7 Å². The van der Waals surface area contributed by atoms with Crippen molar-refractivity contribution in [2.24, 2.45) is 0 Å². The molecule has 0 saturated carbocycles. The predicted molar refractivity (Wildman–Crippen MR) is 75.2 cm³/mol. The molecule has 0 aliphatic carbocycles. The van der Waals surface area contributed by atoms with Crippen molar-refractivity contribution >= 4 is 15.7 Å². The van der Waals surface area contributed by atoms with E-state index in [4.69, 9.17) is 5.73 Å². The zero-order valence-corrected chi connectivity index (χ0v) is 12.2. The summed E-state index contributed by atoms with van der Waals surface area (Å²) in [7, 11) is -0.0131. The first kappa shape index (κ1) is 15.9. The molecule has 1 unspecified atom stereocenters. The number of anilines is 1. The zero-order chi connectivity index (χ0) is 14.7. The lowest BCUT2D eigenvalue weighted by atomic mass is 10.1. The average molecular weight is 287 g/mol. The molecule has 0 saturated heterocycles. The first-order chi connectivity index (χ1) is 8.62. The van der Waals surface area contributed by atoms with Gasteiger partial charge in [0, 0.05) is 18.8 Å². The van der Waals surface area contributed by atoms with Crippen LogP contribution in [0.15, 0.2) is 29.2 Å². The normalized spacial score (nSPS) is 15.4. The molecule has 0 aliphatic rings. The van der Waals surface area contributed by atoms with E-state index >= 15 is 0 Å². The van der Waals surface area contributed by atoms with E-state index in [0.717, 1.165) is 0 Å². The molecule has 1 aromatic rings. The van der Waals surface area contributed by atoms with Gasteiger partial charge in [-0.05, 0) is 45.3 Å². The Bertz CT molecular complexity index is 510. The maximum atomic E-state index is 12.0. The SMILES string of the molecule is CN(C)CC(C)(O)CNS(=O)(=O)c1ccc(N)cc1. The molecule has 0 aromatic heterocycles. The van der Waals surface area contributed by atoms with Gasteiger partial charge in [-0.25, -0.2) is 13.1 Å². The number of hydrogen-bond donors (Lipinski definition) is 3. The fourth-order valence-corrected chi connectivity index (χ4v) is 2.88. The summed E-state index contributed by atoms with van der Waals surface area (Å²) in [6.07, 6.45) is 0. The van der Waals surface area contributed by atoms with E-state index in [1.807, 2.05) is 14.1 Å². The third-order valence-corrected chi connectivity index (χ3v) is 3.91. The van der Waals surface area contributed by atoms with E-state index in [0.29, 0.717) is 12.2 Å². The van der Waals surface area contributed by atoms with Gasteiger partial charge >= 0.3 is 0 Å². The van der Waals surface area contributed by atoms with Crippen LogP contribution >= 0.6 is 0 Å². The molecule has 19 heavy (non-hydrogen) atoms. The number of nitrogens with one attached hydrogen (secondary N) is 1. The highest BCUT2D eigenvalue weighted by atomic mass is 32.2. The largest absolute Gasteiger partial charge is 0.399 e. The molecule has 6 nitrogen and oxygen atoms in total. The molecule has 0 amide bonds. The summed E-state index contributed by atoms with van der Waals surface area (Å²) >= 11 is 0. The number of nitrogens with two attached hydrogens (primary N) is 1. The fraction of sp³-hybridized carbons (Fsp3) is 0.500. The molecular weight excluding hydrogens is 266 g/mol. The minimum Gasteiger partial charge on any atom is -0.399 e. The molecule has 4 N–H and O–H groups in total. The Morgan fingerprint density at radius 2 is 1.84 bits per heavy atom. The first-order valence-electron chi connectivity index (χ1n) is 5.85. The van der Waals surface area contributed by atoms with Crippen LogP contribution in [0.4, 0.5) is 5.69 Å². The van der Waals surface area contributed by atoms with Crippen molar-refractivity contribution in [3.63, 3.8) is 0 Å². The summed E-state index contributed by atoms with van der Waals surface area (Å²) in [5, 5.41) is 10.1. The Kier molecular flexibility index (Phi) is 4.92. The molecular formula is C12H21N3O3S. The van der Waals surface area contributed by atoms with Crippen molar-refractivity contribution < 1.29 is 13.5 Å². The Hall–Kier alpha value is -1.15. The number of hydrogen-bond acceptors (Lipinski definition) is 5. The second-order valence-electron chi connectivity index (χ2n) is 5.13. The summed E-state index contributed by atoms with van der Waals surface area (Å²) < 4.78 is 26.4. The third-order valence-electron chi connectivity index (χ3n) is 2.49. The maximum Gasteiger partial charge on any atom is 0.240 e. The number of rotatable bonds is 6. The average Bonchev–Trinajstić information content (AvgIpc) is 2.26. The van der Waals surface area contributed by atoms with Crippen molar-refractivity contribution in [3.8, 4) is 0 Å². The smallest absolute Gasteiger partial charge is 0.240 e. The minimum atomic E-state index is -3.63. The van der Waals surface area contributed by atoms with E-state index in [1.165, 1.54) is 24.3 Å². The van der Waals surface area contributed by atoms with Crippen molar-refractivity contribution in [2.75, 3.05) is 32.9 Å². The Morgan fingerprint density at radius 3 is 2.32 bits per heavy atom. The molecule has 7 heteroatoms. The Morgan fingerprint density at radius 1 is 1.32 bits per heavy atom. The number of nitrogen functional groups attached to an aromatic ring is 1. The number of nitrogens with zero attached hydrogens (tertiary/aromatic N) is 1. The van der Waals surface area contributed by atoms with Gasteiger partial charge in [0.05, 0.1) is 10.5 Å². The van der Waals surface area contributed by atoms with Crippen LogP contribution in [0.2, 0.25) is 0 Å². The van der Waals surface area contributed by atoms with E-state index < -0.39 is 15.6 Å². The summed E-state index contributed by atoms with van der Waals surface area (Å²) in [6.45, 7) is 1.88. The quantitative estimate of drug-likeness (QED) is 0.633. The predicted octanol–water partition coefficient (Wildman–Crippen LogP) is -0.140. The van der Waals surface area contributed by atoms with Crippen LogP contribution in [0.25, 0.3) is 0 Å². The minimum absolute atomic E-state index is 0.0576. The molecule has 0 spiro atoms. The number of likely N-dealkylation sites (N-methyl/N-ethyl adjacent to an activating group) is 1. The van der Waals surface area contributed by atoms with Gasteiger partial charge in [-0.3, -0.25) is 0 Å². The van der Waals surface area contributed by atoms with E-state index in [2.05, 4.69) is 4.72 Å². The van der Waals surface area contributed by atoms with Gasteiger partial charge in [0.2, 0.25) is 10.0 Å². The molecule has 1 atom stereocenters. The van der Waals surface area contributed by atoms with Crippen molar-refractivity contribution in [3.05, 3.63) is 24.3 Å². The highest BCUT2D eigenvalue weighted by molar-refractivity contribution is 7.89. The molecule has 0 fully saturated rings. The standard InChI is InChI=1S/C12H21N3O3S/c1-12(16,9-15(2)3)8-14-19(17,18)11-6-4-10(13)5-7-11/h4-7,14,16H,8-9,13H2,1-3H3. The van der Waals surface area contributed by atoms with Crippen molar-refractivity contribution in [1.29, 1.82) is 0 Å². The van der Waals surface area contributed by atoms with Crippen LogP contribution in [0.1, 0.15) is 6.92 Å². The first-order valence-corrected chi connectivity index (χ1v) is 7.33. The lowest BCUT2D eigenvalue weighted by Crippen LogP contribution is -2.47. The lowest BCUT2D eigenvalue weighted by Gasteiger charge is -2.27. The molecule has 0 bridgehead atoms. The summed E-state index contributed by atoms with van der Waals surface area (Å²) in [5.74, 6) is 0. The van der Waals surface area contributed by atoms with Crippen LogP contribution in [-0.4, -0.2) is 51.2 Å². The number of sulfonamides is 1. The van der Waals surface area contributed by atoms with Crippen molar-refractivity contribution in [2.45, 2.75) is 17.4 Å². The van der Waals surface area contributed by atoms with Crippen LogP contribution in [-0.2, 0) is 10.0 Å². The Balaban J connectivity index is 2.73. The van der Waals surface area contributed by atoms with Gasteiger partial charge in [0.25, 0.3) is 0 Å². The molecule has 1 aromatic carbocycles. The van der Waals surface area contributed by atoms with Gasteiger partial charge in [0.1, 0.15) is 0 Å². The maximum absolute atomic E-state index is 12.0. The number of aliphatic hydroxyl groups is 1. The highest BCUT2D eigenvalue weighted by Crippen LogP contribution is 2.12. The fourth-order valence-electron chi connectivity index (χ4n) is 1.72.